The zero-order valence-corrected chi connectivity index (χ0v) is 9.94. The molecule has 0 heterocycles. The average Bonchev–Trinajstić information content (AvgIpc) is 2.05. The van der Waals surface area contributed by atoms with Crippen molar-refractivity contribution in [3.63, 3.8) is 0 Å². The van der Waals surface area contributed by atoms with Gasteiger partial charge >= 0.3 is 0 Å². The lowest BCUT2D eigenvalue weighted by Gasteiger charge is -2.32. The van der Waals surface area contributed by atoms with Crippen LogP contribution in [0.1, 0.15) is 24.3 Å². The van der Waals surface area contributed by atoms with Gasteiger partial charge in [0, 0.05) is 6.04 Å². The third kappa shape index (κ3) is 2.27. The lowest BCUT2D eigenvalue weighted by atomic mass is 9.76. The summed E-state index contributed by atoms with van der Waals surface area (Å²) in [5.41, 5.74) is 6.88. The molecule has 0 saturated heterocycles. The van der Waals surface area contributed by atoms with Crippen molar-refractivity contribution in [3.8, 4) is 0 Å². The van der Waals surface area contributed by atoms with Crippen LogP contribution in [-0.4, -0.2) is 6.04 Å². The van der Waals surface area contributed by atoms with E-state index in [1.165, 1.54) is 11.6 Å². The predicted molar refractivity (Wildman–Crippen MR) is 61.3 cm³/mol. The Balaban J connectivity index is 0.000000980. The molecule has 14 heavy (non-hydrogen) atoms. The van der Waals surface area contributed by atoms with Crippen molar-refractivity contribution in [2.45, 2.75) is 24.8 Å². The highest BCUT2D eigenvalue weighted by atomic mass is 79.9. The topological polar surface area (TPSA) is 26.0 Å². The van der Waals surface area contributed by atoms with Crippen LogP contribution in [-0.2, 0) is 0 Å². The molecule has 0 amide bonds. The van der Waals surface area contributed by atoms with Gasteiger partial charge in [0.1, 0.15) is 5.82 Å². The van der Waals surface area contributed by atoms with Crippen LogP contribution in [0, 0.1) is 5.82 Å². The number of nitrogens with two attached hydrogens (primary N) is 1. The highest BCUT2D eigenvalue weighted by Gasteiger charge is 2.27. The van der Waals surface area contributed by atoms with Gasteiger partial charge in [0.2, 0.25) is 0 Å². The second-order valence-corrected chi connectivity index (χ2v) is 4.46. The zero-order chi connectivity index (χ0) is 9.42. The van der Waals surface area contributed by atoms with Crippen molar-refractivity contribution in [1.29, 1.82) is 0 Å². The summed E-state index contributed by atoms with van der Waals surface area (Å²) in [5.74, 6) is 0.333. The Labute approximate surface area is 97.4 Å². The summed E-state index contributed by atoms with van der Waals surface area (Å²) in [6.45, 7) is 0. The third-order valence-electron chi connectivity index (χ3n) is 2.59. The molecule has 1 aliphatic rings. The fourth-order valence-corrected chi connectivity index (χ4v) is 2.10. The molecule has 1 fully saturated rings. The van der Waals surface area contributed by atoms with E-state index >= 15 is 0 Å². The molecule has 78 valence electrons. The number of hydrogen-bond acceptors (Lipinski definition) is 1. The number of rotatable bonds is 1. The number of halogens is 3. The molecular formula is C10H12BrClFN. The fraction of sp³-hybridized carbons (Fsp3) is 0.400. The summed E-state index contributed by atoms with van der Waals surface area (Å²) >= 11 is 3.18. The second kappa shape index (κ2) is 4.60. The second-order valence-electron chi connectivity index (χ2n) is 3.60. The molecule has 0 aliphatic heterocycles. The molecule has 1 nitrogen and oxygen atoms in total. The van der Waals surface area contributed by atoms with Gasteiger partial charge in [0.25, 0.3) is 0 Å². The largest absolute Gasteiger partial charge is 0.328 e. The Morgan fingerprint density at radius 2 is 2.00 bits per heavy atom. The molecule has 1 aliphatic carbocycles. The maximum absolute atomic E-state index is 12.9. The molecule has 4 heteroatoms. The molecule has 1 aromatic rings. The molecule has 1 aromatic carbocycles. The average molecular weight is 281 g/mol. The van der Waals surface area contributed by atoms with E-state index in [4.69, 9.17) is 5.73 Å². The molecule has 0 bridgehead atoms. The Bertz CT molecular complexity index is 326. The third-order valence-corrected chi connectivity index (χ3v) is 3.20. The molecule has 0 aromatic heterocycles. The van der Waals surface area contributed by atoms with Gasteiger partial charge < -0.3 is 5.73 Å². The number of hydrogen-bond donors (Lipinski definition) is 1. The highest BCUT2D eigenvalue weighted by molar-refractivity contribution is 9.10. The first-order valence-corrected chi connectivity index (χ1v) is 5.16. The van der Waals surface area contributed by atoms with Gasteiger partial charge in [0.15, 0.2) is 0 Å². The maximum Gasteiger partial charge on any atom is 0.137 e. The summed E-state index contributed by atoms with van der Waals surface area (Å²) in [6, 6.07) is 5.54. The summed E-state index contributed by atoms with van der Waals surface area (Å²) in [7, 11) is 0. The standard InChI is InChI=1S/C10H11BrFN.ClH/c11-9-5-6(1-2-10(9)12)7-3-8(13)4-7;/h1-2,5,7-8H,3-4,13H2;1H. The first kappa shape index (κ1) is 12.0. The van der Waals surface area contributed by atoms with Gasteiger partial charge in [-0.25, -0.2) is 4.39 Å². The van der Waals surface area contributed by atoms with Crippen molar-refractivity contribution >= 4 is 28.3 Å². The Kier molecular flexibility index (Phi) is 3.93. The summed E-state index contributed by atoms with van der Waals surface area (Å²) in [6.07, 6.45) is 2.05. The molecule has 2 N–H and O–H groups in total. The minimum absolute atomic E-state index is 0. The van der Waals surface area contributed by atoms with E-state index in [1.54, 1.807) is 0 Å². The zero-order valence-electron chi connectivity index (χ0n) is 7.54. The first-order valence-electron chi connectivity index (χ1n) is 4.37. The molecule has 0 atom stereocenters. The number of benzene rings is 1. The monoisotopic (exact) mass is 279 g/mol. The van der Waals surface area contributed by atoms with Gasteiger partial charge in [-0.2, -0.15) is 0 Å². The summed E-state index contributed by atoms with van der Waals surface area (Å²) < 4.78 is 13.4. The van der Waals surface area contributed by atoms with Crippen LogP contribution < -0.4 is 5.73 Å². The quantitative estimate of drug-likeness (QED) is 0.840. The Hall–Kier alpha value is -0.120. The van der Waals surface area contributed by atoms with E-state index < -0.39 is 0 Å². The van der Waals surface area contributed by atoms with Gasteiger partial charge in [0.05, 0.1) is 4.47 Å². The summed E-state index contributed by atoms with van der Waals surface area (Å²) in [5, 5.41) is 0. The smallest absolute Gasteiger partial charge is 0.137 e. The van der Waals surface area contributed by atoms with Gasteiger partial charge in [-0.15, -0.1) is 12.4 Å². The SMILES string of the molecule is Cl.NC1CC(c2ccc(F)c(Br)c2)C1. The van der Waals surface area contributed by atoms with E-state index in [0.717, 1.165) is 12.8 Å². The van der Waals surface area contributed by atoms with Crippen LogP contribution in [0.15, 0.2) is 22.7 Å². The van der Waals surface area contributed by atoms with Crippen LogP contribution in [0.25, 0.3) is 0 Å². The van der Waals surface area contributed by atoms with Crippen LogP contribution in [0.5, 0.6) is 0 Å². The molecule has 0 unspecified atom stereocenters. The van der Waals surface area contributed by atoms with Crippen LogP contribution in [0.3, 0.4) is 0 Å². The lowest BCUT2D eigenvalue weighted by molar-refractivity contribution is 0.351. The predicted octanol–water partition coefficient (Wildman–Crippen LogP) is 3.21. The lowest BCUT2D eigenvalue weighted by Crippen LogP contribution is -2.34. The van der Waals surface area contributed by atoms with Gasteiger partial charge in [-0.1, -0.05) is 6.07 Å². The van der Waals surface area contributed by atoms with Crippen LogP contribution >= 0.6 is 28.3 Å². The van der Waals surface area contributed by atoms with Crippen molar-refractivity contribution in [1.82, 2.24) is 0 Å². The molecule has 2 rings (SSSR count). The highest BCUT2D eigenvalue weighted by Crippen LogP contribution is 2.36. The van der Waals surface area contributed by atoms with Crippen molar-refractivity contribution in [3.05, 3.63) is 34.1 Å². The Morgan fingerprint density at radius 3 is 2.50 bits per heavy atom. The molecular weight excluding hydrogens is 268 g/mol. The van der Waals surface area contributed by atoms with Crippen LogP contribution in [0.4, 0.5) is 4.39 Å². The van der Waals surface area contributed by atoms with E-state index in [0.29, 0.717) is 16.4 Å². The van der Waals surface area contributed by atoms with E-state index in [-0.39, 0.29) is 18.2 Å². The van der Waals surface area contributed by atoms with E-state index in [1.807, 2.05) is 12.1 Å². The van der Waals surface area contributed by atoms with E-state index in [9.17, 15) is 4.39 Å². The van der Waals surface area contributed by atoms with Crippen molar-refractivity contribution in [2.75, 3.05) is 0 Å². The Morgan fingerprint density at radius 1 is 1.36 bits per heavy atom. The van der Waals surface area contributed by atoms with Crippen LogP contribution in [0.2, 0.25) is 0 Å². The maximum atomic E-state index is 12.9. The van der Waals surface area contributed by atoms with Crippen molar-refractivity contribution in [2.24, 2.45) is 5.73 Å². The first-order chi connectivity index (χ1) is 6.16. The van der Waals surface area contributed by atoms with Crippen molar-refractivity contribution < 1.29 is 4.39 Å². The van der Waals surface area contributed by atoms with Gasteiger partial charge in [-0.3, -0.25) is 0 Å². The fourth-order valence-electron chi connectivity index (χ4n) is 1.70. The minimum atomic E-state index is -0.202. The minimum Gasteiger partial charge on any atom is -0.328 e. The normalized spacial score (nSPS) is 25.1. The van der Waals surface area contributed by atoms with E-state index in [2.05, 4.69) is 15.9 Å². The molecule has 1 saturated carbocycles. The molecule has 0 spiro atoms. The summed E-state index contributed by atoms with van der Waals surface area (Å²) in [4.78, 5) is 0. The van der Waals surface area contributed by atoms with Gasteiger partial charge in [-0.05, 0) is 52.4 Å². The molecule has 0 radical (unpaired) electrons.